The lowest BCUT2D eigenvalue weighted by Gasteiger charge is -2.21. The maximum Gasteiger partial charge on any atom is 0.224 e. The van der Waals surface area contributed by atoms with Gasteiger partial charge in [-0.05, 0) is 52.5 Å². The zero-order valence-corrected chi connectivity index (χ0v) is 12.1. The summed E-state index contributed by atoms with van der Waals surface area (Å²) in [5, 5.41) is 2.89. The monoisotopic (exact) mass is 298 g/mol. The molecule has 0 aromatic heterocycles. The molecule has 0 unspecified atom stereocenters. The molecule has 0 aliphatic carbocycles. The highest BCUT2D eigenvalue weighted by Crippen LogP contribution is 2.25. The minimum atomic E-state index is -0.165. The van der Waals surface area contributed by atoms with Crippen LogP contribution in [0.4, 0.5) is 5.69 Å². The van der Waals surface area contributed by atoms with E-state index >= 15 is 0 Å². The normalized spacial score (nSPS) is 11.4. The lowest BCUT2D eigenvalue weighted by Crippen LogP contribution is -2.29. The number of benzene rings is 1. The van der Waals surface area contributed by atoms with E-state index in [2.05, 4.69) is 21.2 Å². The molecule has 0 saturated heterocycles. The fraction of sp³-hybridized carbons (Fsp3) is 0.462. The first-order valence-corrected chi connectivity index (χ1v) is 6.39. The van der Waals surface area contributed by atoms with E-state index in [1.807, 2.05) is 39.0 Å². The first-order valence-electron chi connectivity index (χ1n) is 5.60. The zero-order valence-electron chi connectivity index (χ0n) is 10.5. The summed E-state index contributed by atoms with van der Waals surface area (Å²) in [6.45, 7) is 6.47. The van der Waals surface area contributed by atoms with Crippen LogP contribution in [0, 0.1) is 12.3 Å². The first-order chi connectivity index (χ1) is 7.84. The highest BCUT2D eigenvalue weighted by molar-refractivity contribution is 9.10. The van der Waals surface area contributed by atoms with Crippen LogP contribution in [0.2, 0.25) is 0 Å². The molecule has 1 aromatic carbocycles. The second-order valence-electron chi connectivity index (χ2n) is 5.08. The van der Waals surface area contributed by atoms with Gasteiger partial charge >= 0.3 is 0 Å². The lowest BCUT2D eigenvalue weighted by molar-refractivity contribution is -0.117. The second-order valence-corrected chi connectivity index (χ2v) is 5.93. The van der Waals surface area contributed by atoms with E-state index in [4.69, 9.17) is 5.73 Å². The minimum Gasteiger partial charge on any atom is -0.330 e. The van der Waals surface area contributed by atoms with Crippen molar-refractivity contribution in [3.8, 4) is 0 Å². The predicted octanol–water partition coefficient (Wildman–Crippen LogP) is 3.07. The lowest BCUT2D eigenvalue weighted by atomic mass is 9.89. The number of aryl methyl sites for hydroxylation is 1. The van der Waals surface area contributed by atoms with Gasteiger partial charge in [0.25, 0.3) is 0 Å². The molecule has 0 aliphatic rings. The standard InChI is InChI=1S/C13H19BrN2O/c1-9-4-5-11(10(14)6-9)16-12(17)7-13(2,3)8-15/h4-6H,7-8,15H2,1-3H3,(H,16,17). The molecular weight excluding hydrogens is 280 g/mol. The van der Waals surface area contributed by atoms with Crippen LogP contribution < -0.4 is 11.1 Å². The van der Waals surface area contributed by atoms with Crippen LogP contribution in [-0.2, 0) is 4.79 Å². The minimum absolute atomic E-state index is 0.00926. The van der Waals surface area contributed by atoms with Gasteiger partial charge < -0.3 is 11.1 Å². The Kier molecular flexibility index (Phi) is 4.71. The van der Waals surface area contributed by atoms with Crippen molar-refractivity contribution in [2.24, 2.45) is 11.1 Å². The third kappa shape index (κ3) is 4.48. The number of anilines is 1. The van der Waals surface area contributed by atoms with Crippen LogP contribution in [0.15, 0.2) is 22.7 Å². The van der Waals surface area contributed by atoms with E-state index in [1.54, 1.807) is 0 Å². The van der Waals surface area contributed by atoms with Crippen molar-refractivity contribution in [2.45, 2.75) is 27.2 Å². The van der Waals surface area contributed by atoms with Gasteiger partial charge in [0, 0.05) is 10.9 Å². The Labute approximate surface area is 111 Å². The summed E-state index contributed by atoms with van der Waals surface area (Å²) < 4.78 is 0.899. The molecule has 17 heavy (non-hydrogen) atoms. The molecule has 0 spiro atoms. The van der Waals surface area contributed by atoms with Crippen molar-refractivity contribution in [1.82, 2.24) is 0 Å². The number of rotatable bonds is 4. The summed E-state index contributed by atoms with van der Waals surface area (Å²) in [5.74, 6) is -0.00926. The van der Waals surface area contributed by atoms with E-state index in [1.165, 1.54) is 0 Å². The summed E-state index contributed by atoms with van der Waals surface area (Å²) in [6, 6.07) is 5.84. The van der Waals surface area contributed by atoms with Gasteiger partial charge in [-0.25, -0.2) is 0 Å². The topological polar surface area (TPSA) is 55.1 Å². The van der Waals surface area contributed by atoms with Crippen molar-refractivity contribution in [2.75, 3.05) is 11.9 Å². The number of carbonyl (C=O) groups is 1. The molecule has 1 aromatic rings. The molecule has 4 heteroatoms. The van der Waals surface area contributed by atoms with Crippen LogP contribution in [0.3, 0.4) is 0 Å². The number of carbonyl (C=O) groups excluding carboxylic acids is 1. The fourth-order valence-corrected chi connectivity index (χ4v) is 2.02. The van der Waals surface area contributed by atoms with Gasteiger partial charge in [-0.15, -0.1) is 0 Å². The Balaban J connectivity index is 2.69. The van der Waals surface area contributed by atoms with Gasteiger partial charge in [-0.1, -0.05) is 19.9 Å². The molecule has 0 bridgehead atoms. The van der Waals surface area contributed by atoms with E-state index in [0.29, 0.717) is 13.0 Å². The number of nitrogens with two attached hydrogens (primary N) is 1. The third-order valence-corrected chi connectivity index (χ3v) is 3.25. The Hall–Kier alpha value is -0.870. The SMILES string of the molecule is Cc1ccc(NC(=O)CC(C)(C)CN)c(Br)c1. The number of nitrogens with one attached hydrogen (secondary N) is 1. The summed E-state index contributed by atoms with van der Waals surface area (Å²) >= 11 is 3.43. The molecule has 94 valence electrons. The average Bonchev–Trinajstić information content (AvgIpc) is 2.21. The summed E-state index contributed by atoms with van der Waals surface area (Å²) in [7, 11) is 0. The summed E-state index contributed by atoms with van der Waals surface area (Å²) in [6.07, 6.45) is 0.420. The molecule has 3 N–H and O–H groups in total. The largest absolute Gasteiger partial charge is 0.330 e. The van der Waals surface area contributed by atoms with E-state index in [0.717, 1.165) is 15.7 Å². The van der Waals surface area contributed by atoms with Gasteiger partial charge in [0.15, 0.2) is 0 Å². The molecule has 0 atom stereocenters. The highest BCUT2D eigenvalue weighted by Gasteiger charge is 2.20. The molecule has 1 rings (SSSR count). The molecule has 0 aliphatic heterocycles. The maximum atomic E-state index is 11.8. The molecule has 1 amide bonds. The molecule has 0 fully saturated rings. The van der Waals surface area contributed by atoms with Crippen LogP contribution in [-0.4, -0.2) is 12.5 Å². The van der Waals surface area contributed by atoms with Crippen molar-refractivity contribution < 1.29 is 4.79 Å². The van der Waals surface area contributed by atoms with Gasteiger partial charge in [0.2, 0.25) is 5.91 Å². The Morgan fingerprint density at radius 2 is 2.12 bits per heavy atom. The molecule has 0 saturated carbocycles. The van der Waals surface area contributed by atoms with Gasteiger partial charge in [0.05, 0.1) is 5.69 Å². The van der Waals surface area contributed by atoms with Crippen molar-refractivity contribution in [3.63, 3.8) is 0 Å². The number of amides is 1. The summed E-state index contributed by atoms with van der Waals surface area (Å²) in [4.78, 5) is 11.8. The van der Waals surface area contributed by atoms with Crippen LogP contribution >= 0.6 is 15.9 Å². The molecular formula is C13H19BrN2O. The van der Waals surface area contributed by atoms with Crippen LogP contribution in [0.5, 0.6) is 0 Å². The number of hydrogen-bond acceptors (Lipinski definition) is 2. The highest BCUT2D eigenvalue weighted by atomic mass is 79.9. The average molecular weight is 299 g/mol. The first kappa shape index (κ1) is 14.2. The maximum absolute atomic E-state index is 11.8. The fourth-order valence-electron chi connectivity index (χ4n) is 1.42. The summed E-state index contributed by atoms with van der Waals surface area (Å²) in [5.41, 5.74) is 7.39. The number of halogens is 1. The van der Waals surface area contributed by atoms with Gasteiger partial charge in [-0.3, -0.25) is 4.79 Å². The molecule has 0 radical (unpaired) electrons. The number of hydrogen-bond donors (Lipinski definition) is 2. The van der Waals surface area contributed by atoms with Gasteiger partial charge in [-0.2, -0.15) is 0 Å². The van der Waals surface area contributed by atoms with Crippen molar-refractivity contribution in [1.29, 1.82) is 0 Å². The van der Waals surface area contributed by atoms with E-state index < -0.39 is 0 Å². The zero-order chi connectivity index (χ0) is 13.1. The van der Waals surface area contributed by atoms with Crippen LogP contribution in [0.1, 0.15) is 25.8 Å². The van der Waals surface area contributed by atoms with Gasteiger partial charge in [0.1, 0.15) is 0 Å². The molecule has 0 heterocycles. The Morgan fingerprint density at radius 3 is 2.65 bits per heavy atom. The van der Waals surface area contributed by atoms with Crippen LogP contribution in [0.25, 0.3) is 0 Å². The smallest absolute Gasteiger partial charge is 0.224 e. The van der Waals surface area contributed by atoms with Crippen molar-refractivity contribution in [3.05, 3.63) is 28.2 Å². The molecule has 3 nitrogen and oxygen atoms in total. The Morgan fingerprint density at radius 1 is 1.47 bits per heavy atom. The quantitative estimate of drug-likeness (QED) is 0.897. The Bertz CT molecular complexity index is 416. The predicted molar refractivity (Wildman–Crippen MR) is 75.0 cm³/mol. The third-order valence-electron chi connectivity index (χ3n) is 2.59. The second kappa shape index (κ2) is 5.65. The van der Waals surface area contributed by atoms with E-state index in [-0.39, 0.29) is 11.3 Å². The van der Waals surface area contributed by atoms with Crippen molar-refractivity contribution >= 4 is 27.5 Å². The van der Waals surface area contributed by atoms with E-state index in [9.17, 15) is 4.79 Å².